The summed E-state index contributed by atoms with van der Waals surface area (Å²) in [6, 6.07) is 10.8. The van der Waals surface area contributed by atoms with Crippen molar-refractivity contribution in [3.8, 4) is 5.75 Å². The second-order valence-electron chi connectivity index (χ2n) is 8.03. The van der Waals surface area contributed by atoms with Gasteiger partial charge in [0, 0.05) is 50.0 Å². The average molecular weight is 410 g/mol. The molecule has 1 aliphatic carbocycles. The van der Waals surface area contributed by atoms with E-state index in [9.17, 15) is 4.79 Å². The summed E-state index contributed by atoms with van der Waals surface area (Å²) in [6.45, 7) is 3.12. The molecule has 1 aliphatic heterocycles. The number of aromatic nitrogens is 1. The second-order valence-corrected chi connectivity index (χ2v) is 9.11. The first-order chi connectivity index (χ1) is 14.2. The molecule has 0 atom stereocenters. The number of piperazine rings is 1. The molecule has 5 nitrogen and oxygen atoms in total. The average Bonchev–Trinajstić information content (AvgIpc) is 3.49. The molecule has 3 heterocycles. The maximum absolute atomic E-state index is 13.1. The number of carbonyl (C=O) groups is 1. The third kappa shape index (κ3) is 3.50. The first kappa shape index (κ1) is 18.6. The van der Waals surface area contributed by atoms with Crippen molar-refractivity contribution in [1.82, 2.24) is 9.47 Å². The highest BCUT2D eigenvalue weighted by atomic mass is 32.1. The fraction of sp³-hybridized carbons (Fsp3) is 0.435. The van der Waals surface area contributed by atoms with Gasteiger partial charge in [0.2, 0.25) is 0 Å². The highest BCUT2D eigenvalue weighted by molar-refractivity contribution is 7.20. The van der Waals surface area contributed by atoms with E-state index in [-0.39, 0.29) is 5.91 Å². The zero-order valence-electron chi connectivity index (χ0n) is 16.8. The Kier molecular flexibility index (Phi) is 4.96. The van der Waals surface area contributed by atoms with Crippen LogP contribution in [0.4, 0.5) is 5.69 Å². The minimum absolute atomic E-state index is 0.165. The zero-order chi connectivity index (χ0) is 19.8. The SMILES string of the molecule is COc1ccccc1N1CCN(C(=O)c2cc3cn(C4CCCC4)cc3s2)CC1. The fourth-order valence-corrected chi connectivity index (χ4v) is 5.71. The Hall–Kier alpha value is -2.47. The van der Waals surface area contributed by atoms with Crippen LogP contribution in [-0.4, -0.2) is 48.7 Å². The summed E-state index contributed by atoms with van der Waals surface area (Å²) in [5, 5.41) is 1.21. The van der Waals surface area contributed by atoms with Crippen LogP contribution < -0.4 is 9.64 Å². The van der Waals surface area contributed by atoms with Crippen molar-refractivity contribution >= 4 is 33.0 Å². The van der Waals surface area contributed by atoms with Gasteiger partial charge >= 0.3 is 0 Å². The Morgan fingerprint density at radius 2 is 1.83 bits per heavy atom. The molecule has 29 heavy (non-hydrogen) atoms. The Labute approximate surface area is 175 Å². The molecule has 0 spiro atoms. The van der Waals surface area contributed by atoms with Crippen molar-refractivity contribution in [3.05, 3.63) is 47.6 Å². The Balaban J connectivity index is 1.26. The summed E-state index contributed by atoms with van der Waals surface area (Å²) >= 11 is 1.64. The number of rotatable bonds is 4. The van der Waals surface area contributed by atoms with Gasteiger partial charge < -0.3 is 19.1 Å². The van der Waals surface area contributed by atoms with Crippen molar-refractivity contribution in [2.75, 3.05) is 38.2 Å². The number of carbonyl (C=O) groups excluding carboxylic acids is 1. The number of hydrogen-bond acceptors (Lipinski definition) is 4. The van der Waals surface area contributed by atoms with Crippen molar-refractivity contribution in [3.63, 3.8) is 0 Å². The van der Waals surface area contributed by atoms with Crippen molar-refractivity contribution in [2.45, 2.75) is 31.7 Å². The largest absolute Gasteiger partial charge is 0.495 e. The molecule has 3 aromatic rings. The topological polar surface area (TPSA) is 37.7 Å². The lowest BCUT2D eigenvalue weighted by Crippen LogP contribution is -2.48. The van der Waals surface area contributed by atoms with Gasteiger partial charge in [0.25, 0.3) is 5.91 Å². The molecule has 1 amide bonds. The second kappa shape index (κ2) is 7.75. The first-order valence-electron chi connectivity index (χ1n) is 10.5. The number of nitrogens with zero attached hydrogens (tertiary/aromatic N) is 3. The van der Waals surface area contributed by atoms with Crippen LogP contribution in [0.15, 0.2) is 42.7 Å². The van der Waals surface area contributed by atoms with Gasteiger partial charge in [-0.3, -0.25) is 4.79 Å². The molecule has 5 rings (SSSR count). The van der Waals surface area contributed by atoms with Crippen LogP contribution in [0.1, 0.15) is 41.4 Å². The maximum Gasteiger partial charge on any atom is 0.264 e. The van der Waals surface area contributed by atoms with Gasteiger partial charge in [-0.15, -0.1) is 11.3 Å². The molecule has 152 valence electrons. The number of benzene rings is 1. The summed E-state index contributed by atoms with van der Waals surface area (Å²) in [5.41, 5.74) is 1.11. The van der Waals surface area contributed by atoms with Gasteiger partial charge in [-0.25, -0.2) is 0 Å². The summed E-state index contributed by atoms with van der Waals surface area (Å²) in [4.78, 5) is 18.2. The third-order valence-electron chi connectivity index (χ3n) is 6.30. The highest BCUT2D eigenvalue weighted by Crippen LogP contribution is 2.35. The van der Waals surface area contributed by atoms with E-state index in [2.05, 4.69) is 34.0 Å². The van der Waals surface area contributed by atoms with Crippen LogP contribution >= 0.6 is 11.3 Å². The fourth-order valence-electron chi connectivity index (χ4n) is 4.67. The van der Waals surface area contributed by atoms with E-state index in [1.54, 1.807) is 18.4 Å². The summed E-state index contributed by atoms with van der Waals surface area (Å²) < 4.78 is 9.09. The molecule has 2 aromatic heterocycles. The molecule has 0 radical (unpaired) electrons. The predicted molar refractivity (Wildman–Crippen MR) is 118 cm³/mol. The monoisotopic (exact) mass is 409 g/mol. The molecule has 2 fully saturated rings. The highest BCUT2D eigenvalue weighted by Gasteiger charge is 2.25. The lowest BCUT2D eigenvalue weighted by atomic mass is 10.2. The molecular weight excluding hydrogens is 382 g/mol. The molecule has 2 aliphatic rings. The third-order valence-corrected chi connectivity index (χ3v) is 7.37. The molecule has 1 aromatic carbocycles. The Morgan fingerprint density at radius 1 is 1.07 bits per heavy atom. The number of methoxy groups -OCH3 is 1. The van der Waals surface area contributed by atoms with Crippen LogP contribution in [0.5, 0.6) is 5.75 Å². The normalized spacial score (nSPS) is 18.0. The molecule has 1 saturated carbocycles. The van der Waals surface area contributed by atoms with Crippen LogP contribution in [-0.2, 0) is 0 Å². The molecule has 1 saturated heterocycles. The van der Waals surface area contributed by atoms with Crippen LogP contribution in [0.25, 0.3) is 10.1 Å². The Bertz CT molecular complexity index is 979. The van der Waals surface area contributed by atoms with E-state index in [0.29, 0.717) is 6.04 Å². The van der Waals surface area contributed by atoms with Crippen molar-refractivity contribution in [1.29, 1.82) is 0 Å². The molecule has 0 N–H and O–H groups in total. The lowest BCUT2D eigenvalue weighted by molar-refractivity contribution is 0.0751. The summed E-state index contributed by atoms with van der Waals surface area (Å²) in [5.74, 6) is 1.05. The van der Waals surface area contributed by atoms with Gasteiger partial charge in [0.15, 0.2) is 0 Å². The summed E-state index contributed by atoms with van der Waals surface area (Å²) in [6.07, 6.45) is 9.71. The van der Waals surface area contributed by atoms with E-state index in [1.807, 2.05) is 23.1 Å². The molecular formula is C23H27N3O2S. The van der Waals surface area contributed by atoms with Crippen LogP contribution in [0, 0.1) is 0 Å². The minimum atomic E-state index is 0.165. The number of anilines is 1. The number of hydrogen-bond donors (Lipinski definition) is 0. The van der Waals surface area contributed by atoms with Gasteiger partial charge in [-0.05, 0) is 31.0 Å². The number of amides is 1. The number of para-hydroxylation sites is 2. The van der Waals surface area contributed by atoms with Gasteiger partial charge in [-0.2, -0.15) is 0 Å². The van der Waals surface area contributed by atoms with E-state index < -0.39 is 0 Å². The van der Waals surface area contributed by atoms with Crippen LogP contribution in [0.3, 0.4) is 0 Å². The maximum atomic E-state index is 13.1. The minimum Gasteiger partial charge on any atom is -0.495 e. The zero-order valence-corrected chi connectivity index (χ0v) is 17.7. The van der Waals surface area contributed by atoms with Crippen molar-refractivity contribution < 1.29 is 9.53 Å². The molecule has 0 unspecified atom stereocenters. The van der Waals surface area contributed by atoms with E-state index >= 15 is 0 Å². The number of thiophene rings is 1. The first-order valence-corrected chi connectivity index (χ1v) is 11.3. The van der Waals surface area contributed by atoms with E-state index in [0.717, 1.165) is 42.5 Å². The van der Waals surface area contributed by atoms with Gasteiger partial charge in [-0.1, -0.05) is 25.0 Å². The van der Waals surface area contributed by atoms with Crippen molar-refractivity contribution in [2.24, 2.45) is 0 Å². The molecule has 6 heteroatoms. The quantitative estimate of drug-likeness (QED) is 0.622. The van der Waals surface area contributed by atoms with Gasteiger partial charge in [0.05, 0.1) is 22.4 Å². The van der Waals surface area contributed by atoms with Crippen LogP contribution in [0.2, 0.25) is 0 Å². The number of ether oxygens (including phenoxy) is 1. The predicted octanol–water partition coefficient (Wildman–Crippen LogP) is 4.79. The smallest absolute Gasteiger partial charge is 0.264 e. The standard InChI is InChI=1S/C23H27N3O2S/c1-28-20-9-5-4-8-19(20)24-10-12-25(13-11-24)23(27)21-14-17-15-26(16-22(17)29-21)18-6-2-3-7-18/h4-5,8-9,14-16,18H,2-3,6-7,10-13H2,1H3. The molecule has 0 bridgehead atoms. The van der Waals surface area contributed by atoms with Gasteiger partial charge in [0.1, 0.15) is 5.75 Å². The summed E-state index contributed by atoms with van der Waals surface area (Å²) in [7, 11) is 1.70. The Morgan fingerprint density at radius 3 is 2.55 bits per heavy atom. The lowest BCUT2D eigenvalue weighted by Gasteiger charge is -2.36. The number of fused-ring (bicyclic) bond motifs is 1. The van der Waals surface area contributed by atoms with E-state index in [1.165, 1.54) is 35.8 Å². The van der Waals surface area contributed by atoms with E-state index in [4.69, 9.17) is 4.74 Å².